The number of urea groups is 1. The number of nitrogens with zero attached hydrogens (tertiary/aromatic N) is 2. The van der Waals surface area contributed by atoms with Crippen molar-refractivity contribution in [1.82, 2.24) is 9.96 Å². The van der Waals surface area contributed by atoms with Crippen LogP contribution in [0.25, 0.3) is 0 Å². The molecule has 1 N–H and O–H groups in total. The molecule has 2 aliphatic heterocycles. The second-order valence-electron chi connectivity index (χ2n) is 4.15. The minimum Gasteiger partial charge on any atom is -0.439 e. The van der Waals surface area contributed by atoms with E-state index >= 15 is 0 Å². The quantitative estimate of drug-likeness (QED) is 0.564. The van der Waals surface area contributed by atoms with Gasteiger partial charge in [0.25, 0.3) is 0 Å². The molecule has 0 aromatic carbocycles. The smallest absolute Gasteiger partial charge is 0.347 e. The average Bonchev–Trinajstić information content (AvgIpc) is 2.73. The molecule has 16 heavy (non-hydrogen) atoms. The Morgan fingerprint density at radius 3 is 3.06 bits per heavy atom. The van der Waals surface area contributed by atoms with Crippen molar-refractivity contribution in [3.63, 3.8) is 0 Å². The Labute approximate surface area is 93.7 Å². The van der Waals surface area contributed by atoms with E-state index in [1.165, 1.54) is 0 Å². The topological polar surface area (TPSA) is 70.1 Å². The lowest BCUT2D eigenvalue weighted by atomic mass is 10.1. The second-order valence-corrected chi connectivity index (χ2v) is 4.15. The van der Waals surface area contributed by atoms with E-state index < -0.39 is 18.2 Å². The van der Waals surface area contributed by atoms with E-state index in [2.05, 4.69) is 0 Å². The Balaban J connectivity index is 2.04. The highest BCUT2D eigenvalue weighted by Gasteiger charge is 2.42. The van der Waals surface area contributed by atoms with Crippen LogP contribution in [-0.4, -0.2) is 46.0 Å². The van der Waals surface area contributed by atoms with E-state index in [0.29, 0.717) is 18.0 Å². The number of fused-ring (bicyclic) bond motifs is 1. The van der Waals surface area contributed by atoms with Crippen molar-refractivity contribution in [2.24, 2.45) is 0 Å². The molecular weight excluding hydrogens is 212 g/mol. The average molecular weight is 228 g/mol. The third-order valence-corrected chi connectivity index (χ3v) is 3.12. The fraction of sp³-hybridized carbons (Fsp3) is 0.800. The molecule has 2 atom stereocenters. The van der Waals surface area contributed by atoms with Crippen LogP contribution in [0.1, 0.15) is 32.6 Å². The summed E-state index contributed by atoms with van der Waals surface area (Å²) in [5.41, 5.74) is 0. The molecule has 2 fully saturated rings. The summed E-state index contributed by atoms with van der Waals surface area (Å²) in [7, 11) is 0. The number of hydroxylamine groups is 2. The molecule has 0 aromatic rings. The van der Waals surface area contributed by atoms with E-state index in [1.54, 1.807) is 11.8 Å². The zero-order valence-electron chi connectivity index (χ0n) is 9.26. The number of ether oxygens (including phenoxy) is 1. The van der Waals surface area contributed by atoms with E-state index in [-0.39, 0.29) is 12.5 Å². The standard InChI is InChI=1S/C10H16N2O4/c1-2-9(13)16-8-6-7-4-3-5-11(7)10(14)12(8)15/h7-8,15H,2-6H2,1H3. The Bertz CT molecular complexity index is 307. The highest BCUT2D eigenvalue weighted by atomic mass is 16.6. The summed E-state index contributed by atoms with van der Waals surface area (Å²) in [6, 6.07) is -0.354. The van der Waals surface area contributed by atoms with Crippen molar-refractivity contribution in [3.05, 3.63) is 0 Å². The van der Waals surface area contributed by atoms with Gasteiger partial charge in [-0.05, 0) is 12.8 Å². The first-order valence-corrected chi connectivity index (χ1v) is 5.61. The van der Waals surface area contributed by atoms with Gasteiger partial charge < -0.3 is 9.64 Å². The van der Waals surface area contributed by atoms with Crippen LogP contribution in [0.15, 0.2) is 0 Å². The number of esters is 1. The summed E-state index contributed by atoms with van der Waals surface area (Å²) in [4.78, 5) is 24.5. The summed E-state index contributed by atoms with van der Waals surface area (Å²) in [5.74, 6) is -0.400. The molecule has 2 rings (SSSR count). The maximum absolute atomic E-state index is 11.7. The van der Waals surface area contributed by atoms with Gasteiger partial charge in [0.15, 0.2) is 0 Å². The molecule has 2 aliphatic rings. The van der Waals surface area contributed by atoms with Crippen LogP contribution in [0, 0.1) is 0 Å². The van der Waals surface area contributed by atoms with Gasteiger partial charge in [-0.3, -0.25) is 10.0 Å². The van der Waals surface area contributed by atoms with E-state index in [4.69, 9.17) is 4.74 Å². The minimum atomic E-state index is -0.820. The van der Waals surface area contributed by atoms with E-state index in [0.717, 1.165) is 12.8 Å². The van der Waals surface area contributed by atoms with Crippen LogP contribution >= 0.6 is 0 Å². The van der Waals surface area contributed by atoms with Crippen LogP contribution in [-0.2, 0) is 9.53 Å². The number of carbonyl (C=O) groups excluding carboxylic acids is 2. The third kappa shape index (κ3) is 1.84. The normalized spacial score (nSPS) is 29.2. The lowest BCUT2D eigenvalue weighted by Crippen LogP contribution is -2.56. The molecule has 0 radical (unpaired) electrons. The fourth-order valence-corrected chi connectivity index (χ4v) is 2.25. The highest BCUT2D eigenvalue weighted by molar-refractivity contribution is 5.76. The predicted molar refractivity (Wildman–Crippen MR) is 53.5 cm³/mol. The highest BCUT2D eigenvalue weighted by Crippen LogP contribution is 2.29. The summed E-state index contributed by atoms with van der Waals surface area (Å²) in [5, 5.41) is 10.1. The monoisotopic (exact) mass is 228 g/mol. The van der Waals surface area contributed by atoms with Gasteiger partial charge in [0.05, 0.1) is 0 Å². The molecule has 2 heterocycles. The Morgan fingerprint density at radius 2 is 2.38 bits per heavy atom. The predicted octanol–water partition coefficient (Wildman–Crippen LogP) is 0.945. The summed E-state index contributed by atoms with van der Waals surface area (Å²) in [6.07, 6.45) is 1.78. The first kappa shape index (κ1) is 11.2. The van der Waals surface area contributed by atoms with Crippen molar-refractivity contribution in [1.29, 1.82) is 0 Å². The largest absolute Gasteiger partial charge is 0.439 e. The van der Waals surface area contributed by atoms with Crippen molar-refractivity contribution < 1.29 is 19.5 Å². The van der Waals surface area contributed by atoms with Gasteiger partial charge in [0.1, 0.15) is 0 Å². The molecule has 0 aromatic heterocycles. The fourth-order valence-electron chi connectivity index (χ4n) is 2.25. The van der Waals surface area contributed by atoms with Crippen LogP contribution < -0.4 is 0 Å². The second kappa shape index (κ2) is 4.29. The van der Waals surface area contributed by atoms with Gasteiger partial charge in [-0.25, -0.2) is 4.79 Å². The Morgan fingerprint density at radius 1 is 1.62 bits per heavy atom. The number of carbonyl (C=O) groups is 2. The Kier molecular flexibility index (Phi) is 3.00. The molecule has 6 heteroatoms. The first-order chi connectivity index (χ1) is 7.63. The lowest BCUT2D eigenvalue weighted by Gasteiger charge is -2.38. The molecule has 6 nitrogen and oxygen atoms in total. The zero-order valence-corrected chi connectivity index (χ0v) is 9.26. The molecule has 0 bridgehead atoms. The summed E-state index contributed by atoms with van der Waals surface area (Å²) < 4.78 is 5.02. The number of hydrogen-bond donors (Lipinski definition) is 1. The van der Waals surface area contributed by atoms with Gasteiger partial charge in [-0.2, -0.15) is 5.06 Å². The molecule has 90 valence electrons. The number of rotatable bonds is 2. The van der Waals surface area contributed by atoms with Gasteiger partial charge in [-0.1, -0.05) is 6.92 Å². The molecule has 0 aliphatic carbocycles. The molecule has 2 saturated heterocycles. The third-order valence-electron chi connectivity index (χ3n) is 3.12. The lowest BCUT2D eigenvalue weighted by molar-refractivity contribution is -0.208. The number of amides is 2. The van der Waals surface area contributed by atoms with Crippen LogP contribution in [0.5, 0.6) is 0 Å². The molecule has 2 unspecified atom stereocenters. The van der Waals surface area contributed by atoms with Gasteiger partial charge in [0, 0.05) is 25.4 Å². The van der Waals surface area contributed by atoms with Gasteiger partial charge in [0.2, 0.25) is 6.23 Å². The van der Waals surface area contributed by atoms with Crippen molar-refractivity contribution in [2.75, 3.05) is 6.54 Å². The van der Waals surface area contributed by atoms with Crippen LogP contribution in [0.4, 0.5) is 4.79 Å². The SMILES string of the molecule is CCC(=O)OC1CC2CCCN2C(=O)N1O. The molecule has 0 saturated carbocycles. The zero-order chi connectivity index (χ0) is 11.7. The van der Waals surface area contributed by atoms with Crippen molar-refractivity contribution in [2.45, 2.75) is 44.9 Å². The Hall–Kier alpha value is -1.30. The molecule has 0 spiro atoms. The summed E-state index contributed by atoms with van der Waals surface area (Å²) in [6.45, 7) is 2.35. The maximum atomic E-state index is 11.7. The van der Waals surface area contributed by atoms with Gasteiger partial charge >= 0.3 is 12.0 Å². The molecular formula is C10H16N2O4. The van der Waals surface area contributed by atoms with Crippen LogP contribution in [0.3, 0.4) is 0 Å². The maximum Gasteiger partial charge on any atom is 0.347 e. The van der Waals surface area contributed by atoms with Crippen molar-refractivity contribution in [3.8, 4) is 0 Å². The first-order valence-electron chi connectivity index (χ1n) is 5.61. The minimum absolute atomic E-state index is 0.102. The van der Waals surface area contributed by atoms with E-state index in [9.17, 15) is 14.8 Å². The van der Waals surface area contributed by atoms with Crippen molar-refractivity contribution >= 4 is 12.0 Å². The van der Waals surface area contributed by atoms with Gasteiger partial charge in [-0.15, -0.1) is 0 Å². The molecule has 2 amide bonds. The number of hydrogen-bond acceptors (Lipinski definition) is 4. The summed E-state index contributed by atoms with van der Waals surface area (Å²) >= 11 is 0. The van der Waals surface area contributed by atoms with Crippen LogP contribution in [0.2, 0.25) is 0 Å². The van der Waals surface area contributed by atoms with E-state index in [1.807, 2.05) is 0 Å².